The zero-order valence-corrected chi connectivity index (χ0v) is 18.7. The summed E-state index contributed by atoms with van der Waals surface area (Å²) >= 11 is 7.69. The van der Waals surface area contributed by atoms with Crippen molar-refractivity contribution in [3.63, 3.8) is 0 Å². The second-order valence-electron chi connectivity index (χ2n) is 6.88. The van der Waals surface area contributed by atoms with Crippen LogP contribution in [0.1, 0.15) is 16.3 Å². The first-order chi connectivity index (χ1) is 15.6. The molecule has 3 heterocycles. The smallest absolute Gasteiger partial charge is 0.296 e. The molecule has 0 spiro atoms. The van der Waals surface area contributed by atoms with Gasteiger partial charge in [0.05, 0.1) is 36.8 Å². The molecule has 5 aromatic rings. The van der Waals surface area contributed by atoms with Gasteiger partial charge in [-0.15, -0.1) is 0 Å². The lowest BCUT2D eigenvalue weighted by atomic mass is 10.2. The molecule has 0 aliphatic heterocycles. The number of methoxy groups -OCH3 is 2. The quantitative estimate of drug-likeness (QED) is 0.297. The molecule has 0 saturated carbocycles. The summed E-state index contributed by atoms with van der Waals surface area (Å²) in [6, 6.07) is 14.2. The molecule has 0 aliphatic carbocycles. The number of aromatic nitrogens is 1. The average Bonchev–Trinajstić information content (AvgIpc) is 3.56. The Hall–Kier alpha value is -3.49. The van der Waals surface area contributed by atoms with E-state index in [2.05, 4.69) is 4.98 Å². The second-order valence-corrected chi connectivity index (χ2v) is 8.27. The number of carbonyl (C=O) groups is 1. The lowest BCUT2D eigenvalue weighted by Gasteiger charge is -2.17. The van der Waals surface area contributed by atoms with Gasteiger partial charge in [0.2, 0.25) is 0 Å². The van der Waals surface area contributed by atoms with E-state index in [4.69, 9.17) is 29.9 Å². The molecule has 3 aromatic heterocycles. The fourth-order valence-corrected chi connectivity index (χ4v) is 4.70. The van der Waals surface area contributed by atoms with Crippen LogP contribution in [0.25, 0.3) is 21.2 Å². The number of nitrogens with zero attached hydrogens (tertiary/aromatic N) is 2. The molecule has 1 amide bonds. The number of hydrogen-bond acceptors (Lipinski definition) is 7. The van der Waals surface area contributed by atoms with Gasteiger partial charge in [-0.3, -0.25) is 9.69 Å². The van der Waals surface area contributed by atoms with Crippen LogP contribution in [0.2, 0.25) is 5.02 Å². The molecular formula is C23H17ClN2O5S. The Morgan fingerprint density at radius 2 is 1.97 bits per heavy atom. The Bertz CT molecular complexity index is 1420. The Labute approximate surface area is 191 Å². The molecular weight excluding hydrogens is 452 g/mol. The minimum absolute atomic E-state index is 0.161. The molecule has 0 N–H and O–H groups in total. The van der Waals surface area contributed by atoms with Gasteiger partial charge in [0.1, 0.15) is 17.0 Å². The summed E-state index contributed by atoms with van der Waals surface area (Å²) in [6.45, 7) is 0.166. The maximum Gasteiger partial charge on any atom is 0.296 e. The summed E-state index contributed by atoms with van der Waals surface area (Å²) in [7, 11) is 3.12. The predicted molar refractivity (Wildman–Crippen MR) is 123 cm³/mol. The van der Waals surface area contributed by atoms with Crippen LogP contribution in [0.15, 0.2) is 63.6 Å². The second kappa shape index (κ2) is 8.22. The van der Waals surface area contributed by atoms with Gasteiger partial charge in [0.25, 0.3) is 5.91 Å². The number of furan rings is 2. The van der Waals surface area contributed by atoms with Crippen LogP contribution in [0.4, 0.5) is 5.13 Å². The summed E-state index contributed by atoms with van der Waals surface area (Å²) in [5, 5.41) is 1.74. The Kier molecular flexibility index (Phi) is 5.24. The fraction of sp³-hybridized carbons (Fsp3) is 0.130. The summed E-state index contributed by atoms with van der Waals surface area (Å²) in [5.74, 6) is 1.52. The summed E-state index contributed by atoms with van der Waals surface area (Å²) in [6.07, 6.45) is 1.56. The first-order valence-corrected chi connectivity index (χ1v) is 10.8. The van der Waals surface area contributed by atoms with Crippen LogP contribution in [0.3, 0.4) is 0 Å². The van der Waals surface area contributed by atoms with E-state index in [0.717, 1.165) is 10.1 Å². The third-order valence-corrected chi connectivity index (χ3v) is 6.51. The highest BCUT2D eigenvalue weighted by Crippen LogP contribution is 2.40. The molecule has 0 bridgehead atoms. The molecule has 7 nitrogen and oxygen atoms in total. The molecule has 0 aliphatic rings. The number of anilines is 1. The Morgan fingerprint density at radius 3 is 2.72 bits per heavy atom. The van der Waals surface area contributed by atoms with Crippen LogP contribution in [0.5, 0.6) is 11.5 Å². The van der Waals surface area contributed by atoms with Crippen molar-refractivity contribution in [1.82, 2.24) is 4.98 Å². The minimum atomic E-state index is -0.367. The van der Waals surface area contributed by atoms with Crippen molar-refractivity contribution >= 4 is 55.2 Å². The first kappa shape index (κ1) is 20.4. The van der Waals surface area contributed by atoms with Crippen LogP contribution in [-0.2, 0) is 6.54 Å². The average molecular weight is 469 g/mol. The van der Waals surface area contributed by atoms with Gasteiger partial charge in [-0.25, -0.2) is 4.98 Å². The number of halogens is 1. The van der Waals surface area contributed by atoms with Crippen LogP contribution < -0.4 is 14.4 Å². The molecule has 9 heteroatoms. The highest BCUT2D eigenvalue weighted by atomic mass is 35.5. The van der Waals surface area contributed by atoms with Crippen molar-refractivity contribution in [1.29, 1.82) is 0 Å². The Balaban J connectivity index is 1.62. The van der Waals surface area contributed by atoms with Crippen LogP contribution in [-0.4, -0.2) is 25.1 Å². The van der Waals surface area contributed by atoms with E-state index in [1.807, 2.05) is 12.1 Å². The Morgan fingerprint density at radius 1 is 1.12 bits per heavy atom. The third-order valence-electron chi connectivity index (χ3n) is 4.98. The monoisotopic (exact) mass is 468 g/mol. The number of benzene rings is 2. The lowest BCUT2D eigenvalue weighted by molar-refractivity contribution is 0.0958. The molecule has 0 radical (unpaired) electrons. The zero-order valence-electron chi connectivity index (χ0n) is 17.1. The van der Waals surface area contributed by atoms with E-state index < -0.39 is 0 Å². The van der Waals surface area contributed by atoms with E-state index in [9.17, 15) is 4.79 Å². The van der Waals surface area contributed by atoms with Crippen molar-refractivity contribution in [2.45, 2.75) is 6.54 Å². The van der Waals surface area contributed by atoms with Crippen LogP contribution in [0, 0.1) is 0 Å². The number of thiazole rings is 1. The van der Waals surface area contributed by atoms with Gasteiger partial charge in [0.15, 0.2) is 22.2 Å². The molecule has 0 atom stereocenters. The minimum Gasteiger partial charge on any atom is -0.494 e. The molecule has 162 valence electrons. The van der Waals surface area contributed by atoms with Crippen molar-refractivity contribution in [2.24, 2.45) is 0 Å². The molecule has 0 saturated heterocycles. The summed E-state index contributed by atoms with van der Waals surface area (Å²) < 4.78 is 22.9. The SMILES string of the molecule is COc1ccc(Cl)c2sc(N(Cc3ccco3)C(=O)c3cc4cccc(OC)c4o3)nc12. The molecule has 0 unspecified atom stereocenters. The van der Waals surface area contributed by atoms with Crippen molar-refractivity contribution in [3.05, 3.63) is 71.3 Å². The van der Waals surface area contributed by atoms with E-state index in [1.165, 1.54) is 16.2 Å². The van der Waals surface area contributed by atoms with Gasteiger partial charge in [-0.2, -0.15) is 0 Å². The predicted octanol–water partition coefficient (Wildman–Crippen LogP) is 6.15. The number of carbonyl (C=O) groups excluding carboxylic acids is 1. The van der Waals surface area contributed by atoms with Gasteiger partial charge in [0, 0.05) is 5.39 Å². The van der Waals surface area contributed by atoms with Crippen molar-refractivity contribution in [3.8, 4) is 11.5 Å². The van der Waals surface area contributed by atoms with E-state index >= 15 is 0 Å². The number of amides is 1. The number of ether oxygens (including phenoxy) is 2. The topological polar surface area (TPSA) is 77.9 Å². The fourth-order valence-electron chi connectivity index (χ4n) is 3.44. The van der Waals surface area contributed by atoms with Gasteiger partial charge in [-0.1, -0.05) is 35.1 Å². The van der Waals surface area contributed by atoms with Crippen molar-refractivity contribution in [2.75, 3.05) is 19.1 Å². The first-order valence-electron chi connectivity index (χ1n) is 9.63. The van der Waals surface area contributed by atoms with Gasteiger partial charge < -0.3 is 18.3 Å². The van der Waals surface area contributed by atoms with Gasteiger partial charge in [-0.05, 0) is 36.4 Å². The van der Waals surface area contributed by atoms with E-state index in [-0.39, 0.29) is 18.2 Å². The number of para-hydroxylation sites is 1. The number of hydrogen-bond donors (Lipinski definition) is 0. The highest BCUT2D eigenvalue weighted by Gasteiger charge is 2.27. The molecule has 2 aromatic carbocycles. The maximum absolute atomic E-state index is 13.6. The summed E-state index contributed by atoms with van der Waals surface area (Å²) in [4.78, 5) is 19.8. The standard InChI is InChI=1S/C23H17ClN2O5S/c1-28-16-9-8-15(24)21-19(16)25-23(32-21)26(12-14-6-4-10-30-14)22(27)18-11-13-5-3-7-17(29-2)20(13)31-18/h3-11H,12H2,1-2H3. The largest absolute Gasteiger partial charge is 0.494 e. The zero-order chi connectivity index (χ0) is 22.2. The lowest BCUT2D eigenvalue weighted by Crippen LogP contribution is -2.29. The van der Waals surface area contributed by atoms with E-state index in [1.54, 1.807) is 56.9 Å². The maximum atomic E-state index is 13.6. The molecule has 32 heavy (non-hydrogen) atoms. The van der Waals surface area contributed by atoms with Gasteiger partial charge >= 0.3 is 0 Å². The van der Waals surface area contributed by atoms with E-state index in [0.29, 0.717) is 38.5 Å². The normalized spacial score (nSPS) is 11.2. The molecule has 0 fully saturated rings. The summed E-state index contributed by atoms with van der Waals surface area (Å²) in [5.41, 5.74) is 1.09. The number of fused-ring (bicyclic) bond motifs is 2. The van der Waals surface area contributed by atoms with Crippen LogP contribution >= 0.6 is 22.9 Å². The molecule has 5 rings (SSSR count). The number of rotatable bonds is 6. The highest BCUT2D eigenvalue weighted by molar-refractivity contribution is 7.23. The van der Waals surface area contributed by atoms with Crippen molar-refractivity contribution < 1.29 is 23.1 Å². The third kappa shape index (κ3) is 3.47.